The molecule has 0 saturated heterocycles. The Morgan fingerprint density at radius 1 is 1.47 bits per heavy atom. The Labute approximate surface area is 116 Å². The molecule has 2 rings (SSSR count). The molecule has 0 amide bonds. The monoisotopic (exact) mass is 280 g/mol. The molecule has 1 aromatic carbocycles. The first kappa shape index (κ1) is 13.6. The molecular weight excluding hydrogens is 264 g/mol. The molecule has 0 spiro atoms. The van der Waals surface area contributed by atoms with Gasteiger partial charge in [-0.15, -0.1) is 0 Å². The molecular formula is C13H16N2O3S. The number of aromatic amines is 1. The average molecular weight is 280 g/mol. The van der Waals surface area contributed by atoms with Gasteiger partial charge in [0.2, 0.25) is 0 Å². The third kappa shape index (κ3) is 2.78. The van der Waals surface area contributed by atoms with E-state index in [4.69, 9.17) is 17.0 Å². The molecule has 0 unspecified atom stereocenters. The van der Waals surface area contributed by atoms with Gasteiger partial charge < -0.3 is 19.0 Å². The molecule has 0 radical (unpaired) electrons. The number of nitrogens with one attached hydrogen (secondary N) is 1. The second-order valence-corrected chi connectivity index (χ2v) is 4.48. The minimum atomic E-state index is -0.336. The van der Waals surface area contributed by atoms with Gasteiger partial charge in [-0.1, -0.05) is 13.0 Å². The number of ether oxygens (including phenoxy) is 2. The van der Waals surface area contributed by atoms with E-state index in [0.717, 1.165) is 23.2 Å². The summed E-state index contributed by atoms with van der Waals surface area (Å²) in [4.78, 5) is 14.5. The number of nitrogens with zero attached hydrogens (tertiary/aromatic N) is 1. The van der Waals surface area contributed by atoms with Crippen LogP contribution in [0.4, 0.5) is 0 Å². The van der Waals surface area contributed by atoms with Gasteiger partial charge in [0.05, 0.1) is 19.2 Å². The lowest BCUT2D eigenvalue weighted by molar-refractivity contribution is -0.141. The standard InChI is InChI=1S/C13H16N2O3S/c1-3-7-18-10-6-4-5-9-12(10)14-13(19)15(9)8-11(16)17-2/h4-6H,3,7-8H2,1-2H3,(H,14,19). The van der Waals surface area contributed by atoms with Gasteiger partial charge in [-0.25, -0.2) is 0 Å². The Kier molecular flexibility index (Phi) is 4.21. The van der Waals surface area contributed by atoms with Crippen molar-refractivity contribution in [2.24, 2.45) is 0 Å². The molecule has 0 aliphatic heterocycles. The van der Waals surface area contributed by atoms with Gasteiger partial charge in [0.15, 0.2) is 4.77 Å². The second kappa shape index (κ2) is 5.88. The van der Waals surface area contributed by atoms with E-state index in [0.29, 0.717) is 11.4 Å². The highest BCUT2D eigenvalue weighted by molar-refractivity contribution is 7.71. The van der Waals surface area contributed by atoms with E-state index in [1.807, 2.05) is 25.1 Å². The largest absolute Gasteiger partial charge is 0.491 e. The molecule has 0 atom stereocenters. The third-order valence-electron chi connectivity index (χ3n) is 2.75. The van der Waals surface area contributed by atoms with Crippen molar-refractivity contribution in [2.75, 3.05) is 13.7 Å². The summed E-state index contributed by atoms with van der Waals surface area (Å²) in [6, 6.07) is 5.65. The first-order valence-electron chi connectivity index (χ1n) is 6.08. The van der Waals surface area contributed by atoms with E-state index < -0.39 is 0 Å². The first-order chi connectivity index (χ1) is 9.17. The molecule has 0 aliphatic rings. The van der Waals surface area contributed by atoms with Crippen molar-refractivity contribution < 1.29 is 14.3 Å². The van der Waals surface area contributed by atoms with Crippen LogP contribution < -0.4 is 4.74 Å². The molecule has 5 nitrogen and oxygen atoms in total. The highest BCUT2D eigenvalue weighted by Gasteiger charge is 2.11. The number of aromatic nitrogens is 2. The van der Waals surface area contributed by atoms with Crippen LogP contribution in [0.1, 0.15) is 13.3 Å². The quantitative estimate of drug-likeness (QED) is 0.676. The summed E-state index contributed by atoms with van der Waals surface area (Å²) in [6.45, 7) is 2.78. The molecule has 1 N–H and O–H groups in total. The lowest BCUT2D eigenvalue weighted by Gasteiger charge is -2.06. The lowest BCUT2D eigenvalue weighted by Crippen LogP contribution is -2.11. The molecule has 102 valence electrons. The van der Waals surface area contributed by atoms with Crippen LogP contribution in [0.15, 0.2) is 18.2 Å². The molecule has 1 aromatic heterocycles. The van der Waals surface area contributed by atoms with Crippen LogP contribution in [0.5, 0.6) is 5.75 Å². The summed E-state index contributed by atoms with van der Waals surface area (Å²) in [5, 5.41) is 0. The van der Waals surface area contributed by atoms with Crippen LogP contribution in [-0.2, 0) is 16.1 Å². The number of imidazole rings is 1. The maximum absolute atomic E-state index is 11.4. The predicted molar refractivity (Wildman–Crippen MR) is 74.9 cm³/mol. The zero-order chi connectivity index (χ0) is 13.8. The maximum Gasteiger partial charge on any atom is 0.325 e. The Morgan fingerprint density at radius 2 is 2.26 bits per heavy atom. The number of carbonyl (C=O) groups excluding carboxylic acids is 1. The topological polar surface area (TPSA) is 56.2 Å². The highest BCUT2D eigenvalue weighted by Crippen LogP contribution is 2.25. The summed E-state index contributed by atoms with van der Waals surface area (Å²) in [6.07, 6.45) is 0.931. The number of rotatable bonds is 5. The van der Waals surface area contributed by atoms with Crippen molar-refractivity contribution in [2.45, 2.75) is 19.9 Å². The Morgan fingerprint density at radius 3 is 2.95 bits per heavy atom. The number of hydrogen-bond acceptors (Lipinski definition) is 4. The molecule has 1 heterocycles. The number of esters is 1. The van der Waals surface area contributed by atoms with Gasteiger partial charge in [0, 0.05) is 0 Å². The van der Waals surface area contributed by atoms with Crippen LogP contribution >= 0.6 is 12.2 Å². The Bertz CT molecular complexity index is 645. The van der Waals surface area contributed by atoms with Crippen LogP contribution in [-0.4, -0.2) is 29.2 Å². The van der Waals surface area contributed by atoms with Crippen molar-refractivity contribution in [3.63, 3.8) is 0 Å². The van der Waals surface area contributed by atoms with Crippen molar-refractivity contribution in [3.05, 3.63) is 23.0 Å². The molecule has 6 heteroatoms. The Balaban J connectivity index is 2.46. The number of para-hydroxylation sites is 1. The average Bonchev–Trinajstić information content (AvgIpc) is 2.73. The fraction of sp³-hybridized carbons (Fsp3) is 0.385. The number of hydrogen-bond donors (Lipinski definition) is 1. The predicted octanol–water partition coefficient (Wildman–Crippen LogP) is 2.66. The fourth-order valence-corrected chi connectivity index (χ4v) is 2.10. The zero-order valence-corrected chi connectivity index (χ0v) is 11.8. The van der Waals surface area contributed by atoms with Crippen molar-refractivity contribution in [1.29, 1.82) is 0 Å². The van der Waals surface area contributed by atoms with Crippen molar-refractivity contribution >= 4 is 29.2 Å². The van der Waals surface area contributed by atoms with E-state index in [1.165, 1.54) is 7.11 Å². The summed E-state index contributed by atoms with van der Waals surface area (Å²) in [7, 11) is 1.36. The Hall–Kier alpha value is -1.82. The SMILES string of the molecule is CCCOc1cccc2c1[nH]c(=S)n2CC(=O)OC. The highest BCUT2D eigenvalue weighted by atomic mass is 32.1. The minimum Gasteiger partial charge on any atom is -0.491 e. The van der Waals surface area contributed by atoms with Crippen molar-refractivity contribution in [3.8, 4) is 5.75 Å². The summed E-state index contributed by atoms with van der Waals surface area (Å²) >= 11 is 5.24. The third-order valence-corrected chi connectivity index (χ3v) is 3.07. The van der Waals surface area contributed by atoms with Crippen LogP contribution in [0.3, 0.4) is 0 Å². The molecule has 0 fully saturated rings. The summed E-state index contributed by atoms with van der Waals surface area (Å²) < 4.78 is 12.5. The van der Waals surface area contributed by atoms with Gasteiger partial charge in [0.1, 0.15) is 17.8 Å². The first-order valence-corrected chi connectivity index (χ1v) is 6.49. The van der Waals surface area contributed by atoms with Gasteiger partial charge in [-0.2, -0.15) is 0 Å². The van der Waals surface area contributed by atoms with Gasteiger partial charge in [-0.05, 0) is 30.8 Å². The smallest absolute Gasteiger partial charge is 0.325 e. The molecule has 19 heavy (non-hydrogen) atoms. The van der Waals surface area contributed by atoms with Gasteiger partial charge in [-0.3, -0.25) is 4.79 Å². The number of carbonyl (C=O) groups is 1. The second-order valence-electron chi connectivity index (χ2n) is 4.09. The van der Waals surface area contributed by atoms with Crippen LogP contribution in [0, 0.1) is 4.77 Å². The van der Waals surface area contributed by atoms with E-state index in [2.05, 4.69) is 9.72 Å². The number of H-pyrrole nitrogens is 1. The van der Waals surface area contributed by atoms with Crippen LogP contribution in [0.2, 0.25) is 0 Å². The lowest BCUT2D eigenvalue weighted by atomic mass is 10.3. The van der Waals surface area contributed by atoms with Crippen LogP contribution in [0.25, 0.3) is 11.0 Å². The number of fused-ring (bicyclic) bond motifs is 1. The van der Waals surface area contributed by atoms with Gasteiger partial charge in [0.25, 0.3) is 0 Å². The maximum atomic E-state index is 11.4. The van der Waals surface area contributed by atoms with E-state index in [9.17, 15) is 4.79 Å². The molecule has 0 saturated carbocycles. The molecule has 2 aromatic rings. The van der Waals surface area contributed by atoms with E-state index in [1.54, 1.807) is 4.57 Å². The number of methoxy groups -OCH3 is 1. The summed E-state index contributed by atoms with van der Waals surface area (Å²) in [5.41, 5.74) is 1.65. The molecule has 0 bridgehead atoms. The minimum absolute atomic E-state index is 0.0898. The fourth-order valence-electron chi connectivity index (χ4n) is 1.84. The van der Waals surface area contributed by atoms with E-state index in [-0.39, 0.29) is 12.5 Å². The molecule has 0 aliphatic carbocycles. The summed E-state index contributed by atoms with van der Waals surface area (Å²) in [5.74, 6) is 0.408. The number of benzene rings is 1. The zero-order valence-electron chi connectivity index (χ0n) is 10.9. The van der Waals surface area contributed by atoms with Crippen molar-refractivity contribution in [1.82, 2.24) is 9.55 Å². The normalized spacial score (nSPS) is 10.6. The van der Waals surface area contributed by atoms with Gasteiger partial charge >= 0.3 is 5.97 Å². The van der Waals surface area contributed by atoms with E-state index >= 15 is 0 Å².